The molecule has 2 aromatic carbocycles. The van der Waals surface area contributed by atoms with Gasteiger partial charge in [0.1, 0.15) is 0 Å². The van der Waals surface area contributed by atoms with Gasteiger partial charge in [-0.25, -0.2) is 4.98 Å². The van der Waals surface area contributed by atoms with Gasteiger partial charge in [0.05, 0.1) is 11.0 Å². The highest BCUT2D eigenvalue weighted by atomic mass is 16.1. The van der Waals surface area contributed by atoms with Gasteiger partial charge >= 0.3 is 0 Å². The molecule has 4 heteroatoms. The van der Waals surface area contributed by atoms with Crippen LogP contribution in [0.2, 0.25) is 0 Å². The Kier molecular flexibility index (Phi) is 2.36. The van der Waals surface area contributed by atoms with E-state index in [1.807, 2.05) is 41.3 Å². The van der Waals surface area contributed by atoms with Crippen LogP contribution in [-0.4, -0.2) is 9.97 Å². The fourth-order valence-corrected chi connectivity index (χ4v) is 2.72. The number of para-hydroxylation sites is 2. The van der Waals surface area contributed by atoms with Gasteiger partial charge < -0.3 is 9.88 Å². The van der Waals surface area contributed by atoms with Gasteiger partial charge in [-0.05, 0) is 23.3 Å². The second kappa shape index (κ2) is 4.20. The highest BCUT2D eigenvalue weighted by Crippen LogP contribution is 2.25. The van der Waals surface area contributed by atoms with Crippen molar-refractivity contribution in [3.05, 3.63) is 70.0 Å². The summed E-state index contributed by atoms with van der Waals surface area (Å²) in [5.41, 5.74) is 4.00. The van der Waals surface area contributed by atoms with Gasteiger partial charge in [0, 0.05) is 13.1 Å². The average molecular weight is 263 g/mol. The van der Waals surface area contributed by atoms with Crippen LogP contribution in [0.5, 0.6) is 0 Å². The van der Waals surface area contributed by atoms with Crippen molar-refractivity contribution in [1.29, 1.82) is 0 Å². The van der Waals surface area contributed by atoms with E-state index in [0.717, 1.165) is 24.1 Å². The smallest absolute Gasteiger partial charge is 0.291 e. The molecule has 98 valence electrons. The predicted molar refractivity (Wildman–Crippen MR) is 78.7 cm³/mol. The van der Waals surface area contributed by atoms with E-state index in [2.05, 4.69) is 22.1 Å². The van der Waals surface area contributed by atoms with Crippen LogP contribution in [0, 0.1) is 0 Å². The quantitative estimate of drug-likeness (QED) is 0.733. The minimum Gasteiger partial charge on any atom is -0.343 e. The summed E-state index contributed by atoms with van der Waals surface area (Å²) in [5.74, 6) is 0.500. The van der Waals surface area contributed by atoms with E-state index in [4.69, 9.17) is 0 Å². The summed E-state index contributed by atoms with van der Waals surface area (Å²) in [4.78, 5) is 21.7. The first-order chi connectivity index (χ1) is 9.81. The molecule has 1 N–H and O–H groups in total. The summed E-state index contributed by atoms with van der Waals surface area (Å²) in [6, 6.07) is 15.9. The molecule has 3 aromatic rings. The standard InChI is InChI=1S/C16H13N3O/c20-16-15(17-13-7-3-4-8-14(13)18-16)19-9-11-5-1-2-6-12(11)10-19/h1-8H,9-10H2,(H,18,20). The van der Waals surface area contributed by atoms with Crippen LogP contribution in [0.1, 0.15) is 11.1 Å². The number of benzene rings is 2. The molecule has 1 aliphatic rings. The number of H-pyrrole nitrogens is 1. The van der Waals surface area contributed by atoms with Crippen molar-refractivity contribution < 1.29 is 0 Å². The van der Waals surface area contributed by atoms with E-state index in [1.54, 1.807) is 0 Å². The van der Waals surface area contributed by atoms with Crippen LogP contribution in [0.3, 0.4) is 0 Å². The predicted octanol–water partition coefficient (Wildman–Crippen LogP) is 2.44. The molecule has 4 nitrogen and oxygen atoms in total. The van der Waals surface area contributed by atoms with Crippen molar-refractivity contribution >= 4 is 16.9 Å². The van der Waals surface area contributed by atoms with E-state index in [0.29, 0.717) is 5.82 Å². The van der Waals surface area contributed by atoms with Gasteiger partial charge in [0.25, 0.3) is 5.56 Å². The molecule has 1 aliphatic heterocycles. The average Bonchev–Trinajstić information content (AvgIpc) is 2.90. The van der Waals surface area contributed by atoms with E-state index in [1.165, 1.54) is 11.1 Å². The van der Waals surface area contributed by atoms with Gasteiger partial charge in [-0.1, -0.05) is 36.4 Å². The molecule has 0 saturated carbocycles. The second-order valence-corrected chi connectivity index (χ2v) is 5.03. The number of rotatable bonds is 1. The number of hydrogen-bond donors (Lipinski definition) is 1. The maximum absolute atomic E-state index is 12.2. The van der Waals surface area contributed by atoms with Crippen molar-refractivity contribution in [2.75, 3.05) is 4.90 Å². The van der Waals surface area contributed by atoms with Gasteiger partial charge in [0.15, 0.2) is 5.82 Å². The largest absolute Gasteiger partial charge is 0.343 e. The Morgan fingerprint density at radius 3 is 2.35 bits per heavy atom. The Morgan fingerprint density at radius 2 is 1.60 bits per heavy atom. The van der Waals surface area contributed by atoms with E-state index >= 15 is 0 Å². The molecule has 0 amide bonds. The lowest BCUT2D eigenvalue weighted by Gasteiger charge is -2.15. The van der Waals surface area contributed by atoms with Gasteiger partial charge in [-0.2, -0.15) is 0 Å². The normalized spacial score (nSPS) is 13.7. The van der Waals surface area contributed by atoms with Crippen LogP contribution >= 0.6 is 0 Å². The maximum Gasteiger partial charge on any atom is 0.291 e. The summed E-state index contributed by atoms with van der Waals surface area (Å²) < 4.78 is 0. The third-order valence-electron chi connectivity index (χ3n) is 3.72. The molecule has 0 saturated heterocycles. The minimum absolute atomic E-state index is 0.128. The minimum atomic E-state index is -0.128. The Morgan fingerprint density at radius 1 is 0.950 bits per heavy atom. The Labute approximate surface area is 115 Å². The molecule has 4 rings (SSSR count). The van der Waals surface area contributed by atoms with Gasteiger partial charge in [0.2, 0.25) is 0 Å². The fourth-order valence-electron chi connectivity index (χ4n) is 2.72. The lowest BCUT2D eigenvalue weighted by molar-refractivity contribution is 0.848. The lowest BCUT2D eigenvalue weighted by Crippen LogP contribution is -2.25. The van der Waals surface area contributed by atoms with Crippen LogP contribution in [-0.2, 0) is 13.1 Å². The lowest BCUT2D eigenvalue weighted by atomic mass is 10.1. The first kappa shape index (κ1) is 11.2. The van der Waals surface area contributed by atoms with Gasteiger partial charge in [-0.15, -0.1) is 0 Å². The molecule has 0 bridgehead atoms. The molecule has 0 radical (unpaired) electrons. The zero-order chi connectivity index (χ0) is 13.5. The van der Waals surface area contributed by atoms with Crippen molar-refractivity contribution in [2.45, 2.75) is 13.1 Å². The van der Waals surface area contributed by atoms with E-state index in [9.17, 15) is 4.79 Å². The molecule has 0 atom stereocenters. The van der Waals surface area contributed by atoms with Gasteiger partial charge in [-0.3, -0.25) is 4.79 Å². The Balaban J connectivity index is 1.81. The Bertz CT molecular complexity index is 828. The molecule has 0 aliphatic carbocycles. The molecule has 20 heavy (non-hydrogen) atoms. The number of anilines is 1. The van der Waals surface area contributed by atoms with E-state index < -0.39 is 0 Å². The zero-order valence-electron chi connectivity index (χ0n) is 10.8. The number of hydrogen-bond acceptors (Lipinski definition) is 3. The summed E-state index contributed by atoms with van der Waals surface area (Å²) >= 11 is 0. The van der Waals surface area contributed by atoms with Crippen molar-refractivity contribution in [1.82, 2.24) is 9.97 Å². The monoisotopic (exact) mass is 263 g/mol. The molecule has 0 unspecified atom stereocenters. The van der Waals surface area contributed by atoms with Crippen molar-refractivity contribution in [3.63, 3.8) is 0 Å². The van der Waals surface area contributed by atoms with Crippen LogP contribution < -0.4 is 10.5 Å². The van der Waals surface area contributed by atoms with Crippen LogP contribution in [0.4, 0.5) is 5.82 Å². The second-order valence-electron chi connectivity index (χ2n) is 5.03. The summed E-state index contributed by atoms with van der Waals surface area (Å²) in [6.45, 7) is 1.48. The molecular weight excluding hydrogens is 250 g/mol. The summed E-state index contributed by atoms with van der Waals surface area (Å²) in [7, 11) is 0. The summed E-state index contributed by atoms with van der Waals surface area (Å²) in [5, 5.41) is 0. The van der Waals surface area contributed by atoms with Crippen LogP contribution in [0.15, 0.2) is 53.3 Å². The SMILES string of the molecule is O=c1[nH]c2ccccc2nc1N1Cc2ccccc2C1. The molecule has 0 fully saturated rings. The number of aromatic nitrogens is 2. The van der Waals surface area contributed by atoms with Crippen LogP contribution in [0.25, 0.3) is 11.0 Å². The van der Waals surface area contributed by atoms with Crippen molar-refractivity contribution in [2.24, 2.45) is 0 Å². The third kappa shape index (κ3) is 1.69. The van der Waals surface area contributed by atoms with Crippen molar-refractivity contribution in [3.8, 4) is 0 Å². The first-order valence-corrected chi connectivity index (χ1v) is 6.62. The third-order valence-corrected chi connectivity index (χ3v) is 3.72. The first-order valence-electron chi connectivity index (χ1n) is 6.62. The topological polar surface area (TPSA) is 49.0 Å². The molecule has 2 heterocycles. The number of fused-ring (bicyclic) bond motifs is 2. The molecule has 0 spiro atoms. The Hall–Kier alpha value is -2.62. The number of nitrogens with zero attached hydrogens (tertiary/aromatic N) is 2. The molecular formula is C16H13N3O. The zero-order valence-corrected chi connectivity index (χ0v) is 10.8. The maximum atomic E-state index is 12.2. The fraction of sp³-hybridized carbons (Fsp3) is 0.125. The number of aromatic amines is 1. The summed E-state index contributed by atoms with van der Waals surface area (Å²) in [6.07, 6.45) is 0. The van der Waals surface area contributed by atoms with E-state index in [-0.39, 0.29) is 5.56 Å². The molecule has 1 aromatic heterocycles. The number of nitrogens with one attached hydrogen (secondary N) is 1. The highest BCUT2D eigenvalue weighted by molar-refractivity contribution is 5.75. The highest BCUT2D eigenvalue weighted by Gasteiger charge is 2.22.